The summed E-state index contributed by atoms with van der Waals surface area (Å²) in [5, 5.41) is 6.97. The number of hydrogen-bond acceptors (Lipinski definition) is 3. The van der Waals surface area contributed by atoms with E-state index in [-0.39, 0.29) is 12.0 Å². The molecule has 6 heteroatoms. The standard InChI is InChI=1S/C12H18ClN3O2/c13-5-4-12(17)15-10-7-14-16(8-10)9-11-3-1-2-6-18-11/h7-8,11H,1-6,9H2,(H,15,17). The summed E-state index contributed by atoms with van der Waals surface area (Å²) >= 11 is 5.50. The van der Waals surface area contributed by atoms with Crippen LogP contribution >= 0.6 is 11.6 Å². The Kier molecular flexibility index (Phi) is 5.01. The van der Waals surface area contributed by atoms with Crippen LogP contribution < -0.4 is 5.32 Å². The van der Waals surface area contributed by atoms with Crippen LogP contribution in [-0.4, -0.2) is 34.3 Å². The van der Waals surface area contributed by atoms with Crippen LogP contribution in [-0.2, 0) is 16.1 Å². The van der Waals surface area contributed by atoms with Gasteiger partial charge in [0.05, 0.1) is 24.5 Å². The molecular formula is C12H18ClN3O2. The molecule has 0 aliphatic carbocycles. The van der Waals surface area contributed by atoms with Crippen molar-refractivity contribution in [1.82, 2.24) is 9.78 Å². The third-order valence-corrected chi connectivity index (χ3v) is 3.09. The van der Waals surface area contributed by atoms with E-state index in [4.69, 9.17) is 16.3 Å². The number of nitrogens with one attached hydrogen (secondary N) is 1. The molecule has 1 N–H and O–H groups in total. The monoisotopic (exact) mass is 271 g/mol. The van der Waals surface area contributed by atoms with Gasteiger partial charge in [0.1, 0.15) is 0 Å². The van der Waals surface area contributed by atoms with E-state index in [0.717, 1.165) is 26.0 Å². The Bertz CT molecular complexity index is 388. The van der Waals surface area contributed by atoms with Gasteiger partial charge >= 0.3 is 0 Å². The van der Waals surface area contributed by atoms with Gasteiger partial charge in [-0.15, -0.1) is 11.6 Å². The van der Waals surface area contributed by atoms with E-state index >= 15 is 0 Å². The molecule has 1 unspecified atom stereocenters. The maximum Gasteiger partial charge on any atom is 0.225 e. The zero-order valence-corrected chi connectivity index (χ0v) is 11.0. The van der Waals surface area contributed by atoms with Crippen LogP contribution in [0.3, 0.4) is 0 Å². The largest absolute Gasteiger partial charge is 0.376 e. The van der Waals surface area contributed by atoms with Crippen LogP contribution in [0.4, 0.5) is 5.69 Å². The van der Waals surface area contributed by atoms with E-state index in [2.05, 4.69) is 10.4 Å². The van der Waals surface area contributed by atoms with Gasteiger partial charge in [0.15, 0.2) is 0 Å². The first-order valence-electron chi connectivity index (χ1n) is 6.28. The number of carbonyl (C=O) groups excluding carboxylic acids is 1. The third-order valence-electron chi connectivity index (χ3n) is 2.90. The van der Waals surface area contributed by atoms with Gasteiger partial charge in [0, 0.05) is 25.1 Å². The Hall–Kier alpha value is -1.07. The molecule has 0 radical (unpaired) electrons. The highest BCUT2D eigenvalue weighted by molar-refractivity contribution is 6.19. The first-order chi connectivity index (χ1) is 8.78. The maximum absolute atomic E-state index is 11.4. The van der Waals surface area contributed by atoms with Crippen LogP contribution in [0.1, 0.15) is 25.7 Å². The molecule has 100 valence electrons. The van der Waals surface area contributed by atoms with Gasteiger partial charge in [-0.3, -0.25) is 9.48 Å². The van der Waals surface area contributed by atoms with Crippen molar-refractivity contribution in [3.63, 3.8) is 0 Å². The summed E-state index contributed by atoms with van der Waals surface area (Å²) in [4.78, 5) is 11.4. The Balaban J connectivity index is 1.83. The minimum absolute atomic E-state index is 0.0848. The first-order valence-corrected chi connectivity index (χ1v) is 6.81. The fourth-order valence-electron chi connectivity index (χ4n) is 2.00. The molecule has 0 saturated carbocycles. The molecule has 0 aromatic carbocycles. The number of carbonyl (C=O) groups is 1. The molecule has 2 heterocycles. The molecule has 2 rings (SSSR count). The molecule has 1 aliphatic rings. The van der Waals surface area contributed by atoms with E-state index < -0.39 is 0 Å². The molecule has 5 nitrogen and oxygen atoms in total. The van der Waals surface area contributed by atoms with E-state index in [9.17, 15) is 4.79 Å². The van der Waals surface area contributed by atoms with Gasteiger partial charge in [0.2, 0.25) is 5.91 Å². The number of anilines is 1. The molecule has 1 fully saturated rings. The van der Waals surface area contributed by atoms with Gasteiger partial charge in [-0.2, -0.15) is 5.10 Å². The van der Waals surface area contributed by atoms with Gasteiger partial charge in [-0.1, -0.05) is 0 Å². The van der Waals surface area contributed by atoms with Crippen LogP contribution in [0.2, 0.25) is 0 Å². The molecule has 0 bridgehead atoms. The van der Waals surface area contributed by atoms with E-state index in [1.165, 1.54) is 6.42 Å². The van der Waals surface area contributed by atoms with Gasteiger partial charge < -0.3 is 10.1 Å². The van der Waals surface area contributed by atoms with Crippen molar-refractivity contribution in [1.29, 1.82) is 0 Å². The highest BCUT2D eigenvalue weighted by Gasteiger charge is 2.15. The Labute approximate surface area is 111 Å². The molecule has 1 aliphatic heterocycles. The second kappa shape index (κ2) is 6.75. The lowest BCUT2D eigenvalue weighted by atomic mass is 10.1. The SMILES string of the molecule is O=C(CCCl)Nc1cnn(CC2CCCCO2)c1. The lowest BCUT2D eigenvalue weighted by Crippen LogP contribution is -2.24. The fraction of sp³-hybridized carbons (Fsp3) is 0.667. The number of aromatic nitrogens is 2. The van der Waals surface area contributed by atoms with Crippen molar-refractivity contribution in [2.45, 2.75) is 38.3 Å². The molecule has 1 amide bonds. The predicted molar refractivity (Wildman–Crippen MR) is 69.8 cm³/mol. The van der Waals surface area contributed by atoms with Crippen LogP contribution in [0, 0.1) is 0 Å². The summed E-state index contributed by atoms with van der Waals surface area (Å²) < 4.78 is 7.46. The zero-order valence-electron chi connectivity index (χ0n) is 10.3. The summed E-state index contributed by atoms with van der Waals surface area (Å²) in [5.74, 6) is 0.244. The van der Waals surface area contributed by atoms with Crippen LogP contribution in [0.5, 0.6) is 0 Å². The molecule has 0 spiro atoms. The predicted octanol–water partition coefficient (Wildman–Crippen LogP) is 2.02. The van der Waals surface area contributed by atoms with E-state index in [1.54, 1.807) is 6.20 Å². The quantitative estimate of drug-likeness (QED) is 0.834. The fourth-order valence-corrected chi connectivity index (χ4v) is 2.17. The topological polar surface area (TPSA) is 56.2 Å². The second-order valence-electron chi connectivity index (χ2n) is 4.43. The summed E-state index contributed by atoms with van der Waals surface area (Å²) in [6, 6.07) is 0. The van der Waals surface area contributed by atoms with E-state index in [0.29, 0.717) is 18.0 Å². The summed E-state index contributed by atoms with van der Waals surface area (Å²) in [6.45, 7) is 1.58. The highest BCUT2D eigenvalue weighted by atomic mass is 35.5. The lowest BCUT2D eigenvalue weighted by Gasteiger charge is -2.22. The lowest BCUT2D eigenvalue weighted by molar-refractivity contribution is -0.115. The van der Waals surface area contributed by atoms with Crippen molar-refractivity contribution < 1.29 is 9.53 Å². The summed E-state index contributed by atoms with van der Waals surface area (Å²) in [5.41, 5.74) is 0.709. The van der Waals surface area contributed by atoms with Crippen molar-refractivity contribution in [3.05, 3.63) is 12.4 Å². The number of ether oxygens (including phenoxy) is 1. The van der Waals surface area contributed by atoms with Gasteiger partial charge in [-0.25, -0.2) is 0 Å². The number of hydrogen-bond donors (Lipinski definition) is 1. The van der Waals surface area contributed by atoms with Crippen LogP contribution in [0.15, 0.2) is 12.4 Å². The average Bonchev–Trinajstić information content (AvgIpc) is 2.78. The normalized spacial score (nSPS) is 19.7. The molecule has 18 heavy (non-hydrogen) atoms. The number of amides is 1. The van der Waals surface area contributed by atoms with Gasteiger partial charge in [-0.05, 0) is 19.3 Å². The van der Waals surface area contributed by atoms with Gasteiger partial charge in [0.25, 0.3) is 0 Å². The third kappa shape index (κ3) is 3.99. The number of nitrogens with zero attached hydrogens (tertiary/aromatic N) is 2. The molecule has 1 atom stereocenters. The minimum atomic E-state index is -0.0848. The van der Waals surface area contributed by atoms with Crippen molar-refractivity contribution in [3.8, 4) is 0 Å². The van der Waals surface area contributed by atoms with Crippen LogP contribution in [0.25, 0.3) is 0 Å². The smallest absolute Gasteiger partial charge is 0.225 e. The second-order valence-corrected chi connectivity index (χ2v) is 4.80. The number of rotatable bonds is 5. The van der Waals surface area contributed by atoms with Crippen molar-refractivity contribution in [2.75, 3.05) is 17.8 Å². The Morgan fingerprint density at radius 3 is 3.22 bits per heavy atom. The zero-order chi connectivity index (χ0) is 12.8. The minimum Gasteiger partial charge on any atom is -0.376 e. The van der Waals surface area contributed by atoms with Crippen molar-refractivity contribution in [2.24, 2.45) is 0 Å². The summed E-state index contributed by atoms with van der Waals surface area (Å²) in [6.07, 6.45) is 7.47. The molecule has 1 saturated heterocycles. The Morgan fingerprint density at radius 1 is 1.61 bits per heavy atom. The van der Waals surface area contributed by atoms with E-state index in [1.807, 2.05) is 10.9 Å². The number of halogens is 1. The summed E-state index contributed by atoms with van der Waals surface area (Å²) in [7, 11) is 0. The highest BCUT2D eigenvalue weighted by Crippen LogP contribution is 2.15. The number of alkyl halides is 1. The Morgan fingerprint density at radius 2 is 2.50 bits per heavy atom. The average molecular weight is 272 g/mol. The molecule has 1 aromatic heterocycles. The van der Waals surface area contributed by atoms with Crippen molar-refractivity contribution >= 4 is 23.2 Å². The maximum atomic E-state index is 11.4. The molecule has 1 aromatic rings. The molecular weight excluding hydrogens is 254 g/mol. The first kappa shape index (κ1) is 13.4.